The van der Waals surface area contributed by atoms with Crippen molar-refractivity contribution in [3.63, 3.8) is 0 Å². The van der Waals surface area contributed by atoms with Crippen molar-refractivity contribution in [1.82, 2.24) is 5.32 Å². The highest BCUT2D eigenvalue weighted by Gasteiger charge is 2.50. The molecule has 0 spiro atoms. The third kappa shape index (κ3) is 6.86. The first-order chi connectivity index (χ1) is 17.3. The van der Waals surface area contributed by atoms with Crippen molar-refractivity contribution < 1.29 is 22.7 Å². The number of nitrogens with one attached hydrogen (secondary N) is 1. The van der Waals surface area contributed by atoms with Crippen LogP contribution in [0.4, 0.5) is 10.5 Å². The molecule has 1 N–H and O–H groups in total. The molecule has 0 saturated carbocycles. The minimum atomic E-state index is -3.22. The van der Waals surface area contributed by atoms with Crippen LogP contribution in [0.5, 0.6) is 0 Å². The second kappa shape index (κ2) is 10.7. The van der Waals surface area contributed by atoms with Gasteiger partial charge >= 0.3 is 6.09 Å². The summed E-state index contributed by atoms with van der Waals surface area (Å²) >= 11 is 7.55. The zero-order chi connectivity index (χ0) is 27.0. The number of ether oxygens (including phenoxy) is 1. The molecule has 3 atom stereocenters. The summed E-state index contributed by atoms with van der Waals surface area (Å²) in [7, 11) is -3.22. The van der Waals surface area contributed by atoms with Crippen molar-refractivity contribution in [3.05, 3.63) is 64.7 Å². The van der Waals surface area contributed by atoms with Crippen molar-refractivity contribution in [2.75, 3.05) is 16.4 Å². The molecule has 0 aliphatic carbocycles. The van der Waals surface area contributed by atoms with Gasteiger partial charge < -0.3 is 15.0 Å². The number of carbonyl (C=O) groups excluding carboxylic acids is 2. The third-order valence-electron chi connectivity index (χ3n) is 5.97. The minimum Gasteiger partial charge on any atom is -0.444 e. The molecule has 0 bridgehead atoms. The molecule has 2 amide bonds. The van der Waals surface area contributed by atoms with Gasteiger partial charge in [-0.3, -0.25) is 4.79 Å². The molecule has 4 rings (SSSR count). The molecule has 2 aromatic carbocycles. The van der Waals surface area contributed by atoms with Crippen LogP contribution >= 0.6 is 23.4 Å². The Bertz CT molecular complexity index is 1330. The standard InChI is InChI=1S/C26H30ClN3O5S2/c1-16-10-11-18(27)13-20(16)30-21-14-37(33,34)15-22(21)36-24(30)29-23(31)19(12-17-8-6-5-7-9-17)28-25(32)35-26(2,3)4/h5-11,13,19,21-22H,12,14-15H2,1-4H3,(H,28,32). The largest absolute Gasteiger partial charge is 0.444 e. The number of hydrogen-bond donors (Lipinski definition) is 1. The lowest BCUT2D eigenvalue weighted by molar-refractivity contribution is -0.119. The number of hydrogen-bond acceptors (Lipinski definition) is 6. The highest BCUT2D eigenvalue weighted by molar-refractivity contribution is 8.16. The smallest absolute Gasteiger partial charge is 0.408 e. The number of nitrogens with zero attached hydrogens (tertiary/aromatic N) is 2. The van der Waals surface area contributed by atoms with E-state index in [1.54, 1.807) is 32.9 Å². The Kier molecular flexibility index (Phi) is 7.92. The van der Waals surface area contributed by atoms with Crippen LogP contribution in [-0.4, -0.2) is 60.0 Å². The van der Waals surface area contributed by atoms with E-state index in [-0.39, 0.29) is 29.2 Å². The zero-order valence-corrected chi connectivity index (χ0v) is 23.5. The van der Waals surface area contributed by atoms with Crippen LogP contribution in [0.3, 0.4) is 0 Å². The van der Waals surface area contributed by atoms with Gasteiger partial charge in [0, 0.05) is 22.4 Å². The lowest BCUT2D eigenvalue weighted by Crippen LogP contribution is -2.45. The van der Waals surface area contributed by atoms with Crippen molar-refractivity contribution in [2.24, 2.45) is 4.99 Å². The Morgan fingerprint density at radius 3 is 2.57 bits per heavy atom. The Hall–Kier alpha value is -2.56. The van der Waals surface area contributed by atoms with E-state index in [0.717, 1.165) is 11.1 Å². The normalized spacial score (nSPS) is 22.5. The van der Waals surface area contributed by atoms with Gasteiger partial charge in [0.1, 0.15) is 11.6 Å². The maximum Gasteiger partial charge on any atom is 0.408 e. The number of aliphatic imine (C=N–C) groups is 1. The van der Waals surface area contributed by atoms with Crippen molar-refractivity contribution in [2.45, 2.75) is 57.1 Å². The number of fused-ring (bicyclic) bond motifs is 1. The van der Waals surface area contributed by atoms with Gasteiger partial charge in [0.2, 0.25) is 0 Å². The van der Waals surface area contributed by atoms with E-state index in [0.29, 0.717) is 15.9 Å². The number of sulfone groups is 1. The van der Waals surface area contributed by atoms with Gasteiger partial charge in [0.15, 0.2) is 15.0 Å². The van der Waals surface area contributed by atoms with Gasteiger partial charge in [0.05, 0.1) is 17.5 Å². The van der Waals surface area contributed by atoms with Crippen LogP contribution in [0.15, 0.2) is 53.5 Å². The first-order valence-electron chi connectivity index (χ1n) is 11.9. The molecular weight excluding hydrogens is 534 g/mol. The summed E-state index contributed by atoms with van der Waals surface area (Å²) < 4.78 is 30.2. The molecule has 0 radical (unpaired) electrons. The number of carbonyl (C=O) groups is 2. The summed E-state index contributed by atoms with van der Waals surface area (Å²) in [6, 6.07) is 13.3. The number of thioether (sulfide) groups is 1. The molecule has 2 heterocycles. The Balaban J connectivity index is 1.68. The molecule has 8 nitrogen and oxygen atoms in total. The van der Waals surface area contributed by atoms with Crippen LogP contribution in [0.1, 0.15) is 31.9 Å². The van der Waals surface area contributed by atoms with Gasteiger partial charge in [0.25, 0.3) is 5.91 Å². The molecule has 2 aliphatic rings. The monoisotopic (exact) mass is 563 g/mol. The molecule has 198 valence electrons. The Labute approximate surface area is 226 Å². The van der Waals surface area contributed by atoms with Crippen molar-refractivity contribution in [3.8, 4) is 0 Å². The molecule has 2 fully saturated rings. The molecular formula is C26H30ClN3O5S2. The third-order valence-corrected chi connectivity index (χ3v) is 9.42. The van der Waals surface area contributed by atoms with Gasteiger partial charge in [-0.15, -0.1) is 0 Å². The topological polar surface area (TPSA) is 105 Å². The minimum absolute atomic E-state index is 0.00919. The number of rotatable bonds is 5. The molecule has 11 heteroatoms. The van der Waals surface area contributed by atoms with Crippen LogP contribution in [-0.2, 0) is 25.8 Å². The number of benzene rings is 2. The molecule has 2 saturated heterocycles. The first-order valence-corrected chi connectivity index (χ1v) is 15.0. The summed E-state index contributed by atoms with van der Waals surface area (Å²) in [5.74, 6) is -0.576. The summed E-state index contributed by atoms with van der Waals surface area (Å²) in [6.07, 6.45) is -0.496. The second-order valence-electron chi connectivity index (χ2n) is 10.2. The number of halogens is 1. The second-order valence-corrected chi connectivity index (χ2v) is 14.0. The van der Waals surface area contributed by atoms with Gasteiger partial charge in [-0.1, -0.05) is 59.8 Å². The average molecular weight is 564 g/mol. The van der Waals surface area contributed by atoms with Gasteiger partial charge in [-0.05, 0) is 51.0 Å². The molecule has 0 aromatic heterocycles. The van der Waals surface area contributed by atoms with Crippen LogP contribution in [0.25, 0.3) is 0 Å². The van der Waals surface area contributed by atoms with Gasteiger partial charge in [-0.2, -0.15) is 4.99 Å². The quantitative estimate of drug-likeness (QED) is 0.575. The number of aryl methyl sites for hydroxylation is 1. The summed E-state index contributed by atoms with van der Waals surface area (Å²) in [4.78, 5) is 32.4. The van der Waals surface area contributed by atoms with Crippen molar-refractivity contribution in [1.29, 1.82) is 0 Å². The predicted octanol–water partition coefficient (Wildman–Crippen LogP) is 4.39. The van der Waals surface area contributed by atoms with Crippen LogP contribution in [0.2, 0.25) is 5.02 Å². The Morgan fingerprint density at radius 1 is 1.19 bits per heavy atom. The number of anilines is 1. The van der Waals surface area contributed by atoms with E-state index in [2.05, 4.69) is 10.3 Å². The lowest BCUT2D eigenvalue weighted by Gasteiger charge is -2.27. The van der Waals surface area contributed by atoms with E-state index >= 15 is 0 Å². The Morgan fingerprint density at radius 2 is 1.89 bits per heavy atom. The fraction of sp³-hybridized carbons (Fsp3) is 0.423. The predicted molar refractivity (Wildman–Crippen MR) is 148 cm³/mol. The fourth-order valence-electron chi connectivity index (χ4n) is 4.36. The van der Waals surface area contributed by atoms with Gasteiger partial charge in [-0.25, -0.2) is 13.2 Å². The van der Waals surface area contributed by atoms with E-state index in [9.17, 15) is 18.0 Å². The summed E-state index contributed by atoms with van der Waals surface area (Å²) in [5, 5.41) is 3.30. The first kappa shape index (κ1) is 27.5. The SMILES string of the molecule is Cc1ccc(Cl)cc1N1C(=NC(=O)C(Cc2ccccc2)NC(=O)OC(C)(C)C)SC2CS(=O)(=O)CC21. The molecule has 2 aliphatic heterocycles. The maximum absolute atomic E-state index is 13.5. The summed E-state index contributed by atoms with van der Waals surface area (Å²) in [6.45, 7) is 7.13. The number of alkyl carbamates (subject to hydrolysis) is 1. The molecule has 2 aromatic rings. The van der Waals surface area contributed by atoms with Crippen LogP contribution in [0, 0.1) is 6.92 Å². The zero-order valence-electron chi connectivity index (χ0n) is 21.1. The lowest BCUT2D eigenvalue weighted by atomic mass is 10.1. The van der Waals surface area contributed by atoms with E-state index < -0.39 is 33.5 Å². The average Bonchev–Trinajstić information content (AvgIpc) is 3.25. The fourth-order valence-corrected chi connectivity index (χ4v) is 8.44. The maximum atomic E-state index is 13.5. The number of amidine groups is 1. The van der Waals surface area contributed by atoms with Crippen LogP contribution < -0.4 is 10.2 Å². The summed E-state index contributed by atoms with van der Waals surface area (Å²) in [5.41, 5.74) is 1.70. The highest BCUT2D eigenvalue weighted by Crippen LogP contribution is 2.42. The van der Waals surface area contributed by atoms with E-state index in [1.807, 2.05) is 48.2 Å². The highest BCUT2D eigenvalue weighted by atomic mass is 35.5. The van der Waals surface area contributed by atoms with E-state index in [4.69, 9.17) is 16.3 Å². The number of amides is 2. The van der Waals surface area contributed by atoms with E-state index in [1.165, 1.54) is 11.8 Å². The molecule has 37 heavy (non-hydrogen) atoms. The van der Waals surface area contributed by atoms with Crippen molar-refractivity contribution >= 4 is 56.1 Å². The molecule has 3 unspecified atom stereocenters.